The molecule has 8 aromatic rings. The van der Waals surface area contributed by atoms with Gasteiger partial charge in [0.2, 0.25) is 0 Å². The largest absolute Gasteiger partial charge is 2.00 e. The first-order valence-electron chi connectivity index (χ1n) is 12.6. The fourth-order valence-corrected chi connectivity index (χ4v) is 5.14. The Morgan fingerprint density at radius 3 is 1.23 bits per heavy atom. The van der Waals surface area contributed by atoms with Crippen LogP contribution in [0.1, 0.15) is 0 Å². The van der Waals surface area contributed by atoms with E-state index in [9.17, 15) is 0 Å². The molecule has 0 unspecified atom stereocenters. The van der Waals surface area contributed by atoms with Crippen molar-refractivity contribution in [1.29, 1.82) is 0 Å². The number of aromatic nitrogens is 4. The molecule has 0 N–H and O–H groups in total. The Balaban J connectivity index is 0.000000138. The maximum Gasteiger partial charge on any atom is 2.00 e. The van der Waals surface area contributed by atoms with Gasteiger partial charge < -0.3 is 9.97 Å². The van der Waals surface area contributed by atoms with Gasteiger partial charge in [0.1, 0.15) is 0 Å². The molecule has 0 saturated carbocycles. The molecule has 0 atom stereocenters. The van der Waals surface area contributed by atoms with Gasteiger partial charge in [-0.25, -0.2) is 0 Å². The molecule has 4 aromatic heterocycles. The topological polar surface area (TPSA) is 54.0 Å². The van der Waals surface area contributed by atoms with Crippen molar-refractivity contribution in [3.8, 4) is 22.3 Å². The van der Waals surface area contributed by atoms with Crippen molar-refractivity contribution in [2.45, 2.75) is 0 Å². The number of hydrogen-bond donors (Lipinski definition) is 0. The molecule has 0 aliphatic rings. The first-order valence-corrected chi connectivity index (χ1v) is 12.6. The van der Waals surface area contributed by atoms with Crippen LogP contribution in [0.4, 0.5) is 0 Å². The first kappa shape index (κ1) is 24.7. The van der Waals surface area contributed by atoms with E-state index >= 15 is 0 Å². The van der Waals surface area contributed by atoms with Gasteiger partial charge in [0, 0.05) is 34.3 Å². The minimum atomic E-state index is 0. The molecule has 5 heteroatoms. The molecular formula is C34H22N4Zn. The van der Waals surface area contributed by atoms with Crippen molar-refractivity contribution >= 4 is 43.6 Å². The summed E-state index contributed by atoms with van der Waals surface area (Å²) in [5.41, 5.74) is 8.71. The Morgan fingerprint density at radius 1 is 0.385 bits per heavy atom. The van der Waals surface area contributed by atoms with Crippen LogP contribution in [0.2, 0.25) is 0 Å². The smallest absolute Gasteiger partial charge is 0.663 e. The zero-order valence-electron chi connectivity index (χ0n) is 21.2. The van der Waals surface area contributed by atoms with Crippen LogP contribution in [0.5, 0.6) is 0 Å². The number of benzene rings is 4. The zero-order chi connectivity index (χ0) is 25.3. The van der Waals surface area contributed by atoms with E-state index in [1.165, 1.54) is 10.8 Å². The predicted octanol–water partition coefficient (Wildman–Crippen LogP) is 8.02. The molecule has 4 aromatic carbocycles. The molecule has 0 amide bonds. The summed E-state index contributed by atoms with van der Waals surface area (Å²) in [6, 6.07) is 37.3. The molecule has 0 saturated heterocycles. The first-order chi connectivity index (χ1) is 18.9. The third kappa shape index (κ3) is 4.52. The molecule has 180 valence electrons. The normalized spacial score (nSPS) is 10.9. The molecule has 0 fully saturated rings. The van der Waals surface area contributed by atoms with Gasteiger partial charge >= 0.3 is 19.5 Å². The van der Waals surface area contributed by atoms with E-state index in [1.54, 1.807) is 0 Å². The van der Waals surface area contributed by atoms with Gasteiger partial charge in [-0.15, -0.1) is 11.0 Å². The predicted molar refractivity (Wildman–Crippen MR) is 156 cm³/mol. The van der Waals surface area contributed by atoms with E-state index in [-0.39, 0.29) is 19.5 Å². The second kappa shape index (κ2) is 10.6. The van der Waals surface area contributed by atoms with Crippen molar-refractivity contribution in [1.82, 2.24) is 19.9 Å². The summed E-state index contributed by atoms with van der Waals surface area (Å²) in [5, 5.41) is 4.66. The molecule has 0 radical (unpaired) electrons. The van der Waals surface area contributed by atoms with Gasteiger partial charge in [0.15, 0.2) is 0 Å². The summed E-state index contributed by atoms with van der Waals surface area (Å²) in [4.78, 5) is 18.0. The van der Waals surface area contributed by atoms with E-state index in [2.05, 4.69) is 105 Å². The fraction of sp³-hybridized carbons (Fsp3) is 0. The molecule has 39 heavy (non-hydrogen) atoms. The molecule has 8 rings (SSSR count). The number of fused-ring (bicyclic) bond motifs is 4. The monoisotopic (exact) mass is 550 g/mol. The van der Waals surface area contributed by atoms with Crippen molar-refractivity contribution in [2.24, 2.45) is 0 Å². The van der Waals surface area contributed by atoms with E-state index < -0.39 is 0 Å². The maximum absolute atomic E-state index is 4.52. The number of nitrogens with zero attached hydrogens (tertiary/aromatic N) is 4. The molecule has 4 heterocycles. The molecule has 0 bridgehead atoms. The van der Waals surface area contributed by atoms with Crippen molar-refractivity contribution in [3.05, 3.63) is 134 Å². The van der Waals surface area contributed by atoms with E-state index in [0.29, 0.717) is 0 Å². The SMILES string of the molecule is [Zn+2].c1cnc2c(-c3cccc4cc[n-]c34)cccc2c1.c1cnc2c(-c3cccc4cc[n-]c34)cccc2c1. The second-order valence-electron chi connectivity index (χ2n) is 9.14. The number of hydrogen-bond acceptors (Lipinski definition) is 2. The zero-order valence-corrected chi connectivity index (χ0v) is 24.2. The minimum absolute atomic E-state index is 0. The second-order valence-corrected chi connectivity index (χ2v) is 9.14. The standard InChI is InChI=1S/2C17H11N2.Zn/c2*1-4-12-6-3-10-18-16(12)14(7-1)15-8-2-5-13-9-11-19-17(13)15;/h2*1-11H;/q2*-1;+2. The Labute approximate surface area is 238 Å². The van der Waals surface area contributed by atoms with Gasteiger partial charge in [-0.05, 0) is 34.0 Å². The molecular weight excluding hydrogens is 530 g/mol. The quantitative estimate of drug-likeness (QED) is 0.204. The Morgan fingerprint density at radius 2 is 0.769 bits per heavy atom. The minimum Gasteiger partial charge on any atom is -0.663 e. The van der Waals surface area contributed by atoms with E-state index in [0.717, 1.165) is 55.1 Å². The van der Waals surface area contributed by atoms with Crippen LogP contribution in [0.3, 0.4) is 0 Å². The summed E-state index contributed by atoms with van der Waals surface area (Å²) in [5.74, 6) is 0. The van der Waals surface area contributed by atoms with Crippen molar-refractivity contribution in [2.75, 3.05) is 0 Å². The van der Waals surface area contributed by atoms with Crippen LogP contribution in [-0.4, -0.2) is 9.97 Å². The summed E-state index contributed by atoms with van der Waals surface area (Å²) < 4.78 is 0. The van der Waals surface area contributed by atoms with Crippen molar-refractivity contribution in [3.63, 3.8) is 0 Å². The third-order valence-corrected chi connectivity index (χ3v) is 6.90. The average Bonchev–Trinajstić information content (AvgIpc) is 3.67. The van der Waals surface area contributed by atoms with Crippen LogP contribution in [0.15, 0.2) is 134 Å². The number of rotatable bonds is 2. The van der Waals surface area contributed by atoms with Gasteiger partial charge in [-0.1, -0.05) is 97.1 Å². The number of pyridine rings is 2. The molecule has 0 aliphatic carbocycles. The summed E-state index contributed by atoms with van der Waals surface area (Å²) in [6.45, 7) is 0. The average molecular weight is 552 g/mol. The Kier molecular flexibility index (Phi) is 6.75. The number of para-hydroxylation sites is 4. The summed E-state index contributed by atoms with van der Waals surface area (Å²) >= 11 is 0. The Bertz CT molecular complexity index is 1890. The van der Waals surface area contributed by atoms with Gasteiger partial charge in [0.05, 0.1) is 11.0 Å². The van der Waals surface area contributed by atoms with Gasteiger partial charge in [-0.2, -0.15) is 12.4 Å². The fourth-order valence-electron chi connectivity index (χ4n) is 5.14. The Hall–Kier alpha value is -4.60. The van der Waals surface area contributed by atoms with E-state index in [1.807, 2.05) is 49.1 Å². The van der Waals surface area contributed by atoms with Crippen LogP contribution in [0.25, 0.3) is 65.9 Å². The molecule has 4 nitrogen and oxygen atoms in total. The van der Waals surface area contributed by atoms with Crippen LogP contribution in [-0.2, 0) is 19.5 Å². The molecule has 0 spiro atoms. The van der Waals surface area contributed by atoms with Crippen LogP contribution >= 0.6 is 0 Å². The summed E-state index contributed by atoms with van der Waals surface area (Å²) in [6.07, 6.45) is 7.38. The van der Waals surface area contributed by atoms with Crippen molar-refractivity contribution < 1.29 is 19.5 Å². The van der Waals surface area contributed by atoms with Gasteiger partial charge in [0.25, 0.3) is 0 Å². The van der Waals surface area contributed by atoms with Crippen LogP contribution < -0.4 is 9.97 Å². The van der Waals surface area contributed by atoms with E-state index in [4.69, 9.17) is 0 Å². The van der Waals surface area contributed by atoms with Crippen LogP contribution in [0, 0.1) is 0 Å². The summed E-state index contributed by atoms with van der Waals surface area (Å²) in [7, 11) is 0. The maximum atomic E-state index is 4.52. The van der Waals surface area contributed by atoms with Gasteiger partial charge in [-0.3, -0.25) is 9.97 Å². The molecule has 0 aliphatic heterocycles. The third-order valence-electron chi connectivity index (χ3n) is 6.90.